The van der Waals surface area contributed by atoms with E-state index in [1.54, 1.807) is 17.0 Å². The van der Waals surface area contributed by atoms with Crippen molar-refractivity contribution in [3.05, 3.63) is 65.5 Å². The summed E-state index contributed by atoms with van der Waals surface area (Å²) < 4.78 is 50.7. The number of halogens is 4. The van der Waals surface area contributed by atoms with E-state index >= 15 is 0 Å². The van der Waals surface area contributed by atoms with Gasteiger partial charge in [0.25, 0.3) is 0 Å². The van der Waals surface area contributed by atoms with Gasteiger partial charge in [-0.2, -0.15) is 13.2 Å². The molecule has 0 aliphatic heterocycles. The van der Waals surface area contributed by atoms with E-state index in [-0.39, 0.29) is 17.9 Å². The first kappa shape index (κ1) is 17.3. The molecule has 0 spiro atoms. The summed E-state index contributed by atoms with van der Waals surface area (Å²) in [5, 5.41) is 2.62. The second kappa shape index (κ2) is 6.74. The molecular formula is C18H16F4N2O. The Kier molecular flexibility index (Phi) is 4.65. The summed E-state index contributed by atoms with van der Waals surface area (Å²) >= 11 is 0. The summed E-state index contributed by atoms with van der Waals surface area (Å²) in [5.41, 5.74) is 0.314. The molecule has 1 aliphatic carbocycles. The minimum absolute atomic E-state index is 0.0968. The number of alkyl halides is 3. The summed E-state index contributed by atoms with van der Waals surface area (Å²) in [7, 11) is 0. The van der Waals surface area contributed by atoms with E-state index in [0.717, 1.165) is 30.5 Å². The van der Waals surface area contributed by atoms with Crippen molar-refractivity contribution in [2.75, 3.05) is 5.32 Å². The van der Waals surface area contributed by atoms with Crippen molar-refractivity contribution in [1.29, 1.82) is 0 Å². The number of carbonyl (C=O) groups excluding carboxylic acids is 1. The van der Waals surface area contributed by atoms with Crippen LogP contribution in [-0.2, 0) is 12.7 Å². The van der Waals surface area contributed by atoms with Gasteiger partial charge in [0.15, 0.2) is 0 Å². The van der Waals surface area contributed by atoms with E-state index in [1.165, 1.54) is 24.3 Å². The fourth-order valence-corrected chi connectivity index (χ4v) is 2.48. The maximum absolute atomic E-state index is 13.0. The molecule has 0 atom stereocenters. The highest BCUT2D eigenvalue weighted by atomic mass is 19.4. The molecule has 0 aromatic heterocycles. The van der Waals surface area contributed by atoms with Crippen LogP contribution in [0.4, 0.5) is 28.0 Å². The first-order valence-electron chi connectivity index (χ1n) is 7.82. The van der Waals surface area contributed by atoms with Crippen molar-refractivity contribution in [1.82, 2.24) is 4.90 Å². The highest BCUT2D eigenvalue weighted by Gasteiger charge is 2.33. The summed E-state index contributed by atoms with van der Waals surface area (Å²) in [6.07, 6.45) is -2.66. The molecule has 1 saturated carbocycles. The van der Waals surface area contributed by atoms with E-state index in [2.05, 4.69) is 5.32 Å². The molecule has 0 radical (unpaired) electrons. The van der Waals surface area contributed by atoms with E-state index in [1.807, 2.05) is 0 Å². The number of hydrogen-bond acceptors (Lipinski definition) is 1. The summed E-state index contributed by atoms with van der Waals surface area (Å²) in [5.74, 6) is -0.351. The molecule has 0 unspecified atom stereocenters. The number of amides is 2. The maximum atomic E-state index is 13.0. The van der Waals surface area contributed by atoms with Gasteiger partial charge in [0.2, 0.25) is 0 Å². The average molecular weight is 352 g/mol. The molecule has 132 valence electrons. The largest absolute Gasteiger partial charge is 0.416 e. The van der Waals surface area contributed by atoms with Gasteiger partial charge in [-0.25, -0.2) is 9.18 Å². The third-order valence-electron chi connectivity index (χ3n) is 3.98. The first-order chi connectivity index (χ1) is 11.8. The lowest BCUT2D eigenvalue weighted by molar-refractivity contribution is -0.137. The van der Waals surface area contributed by atoms with E-state index in [9.17, 15) is 22.4 Å². The quantitative estimate of drug-likeness (QED) is 0.768. The molecule has 3 rings (SSSR count). The molecule has 1 aliphatic rings. The Bertz CT molecular complexity index is 737. The molecular weight excluding hydrogens is 336 g/mol. The number of benzene rings is 2. The topological polar surface area (TPSA) is 32.3 Å². The zero-order chi connectivity index (χ0) is 18.0. The fourth-order valence-electron chi connectivity index (χ4n) is 2.48. The standard InChI is InChI=1S/C18H16F4N2O/c19-14-5-1-12(2-6-14)11-24(16-9-10-16)17(25)23-15-7-3-13(4-8-15)18(20,21)22/h1-8,16H,9-11H2,(H,23,25). The monoisotopic (exact) mass is 352 g/mol. The maximum Gasteiger partial charge on any atom is 0.416 e. The Balaban J connectivity index is 1.68. The molecule has 25 heavy (non-hydrogen) atoms. The predicted molar refractivity (Wildman–Crippen MR) is 85.4 cm³/mol. The van der Waals surface area contributed by atoms with Crippen LogP contribution >= 0.6 is 0 Å². The smallest absolute Gasteiger partial charge is 0.317 e. The third-order valence-corrected chi connectivity index (χ3v) is 3.98. The van der Waals surface area contributed by atoms with Crippen LogP contribution in [0, 0.1) is 5.82 Å². The molecule has 2 aromatic carbocycles. The summed E-state index contributed by atoms with van der Waals surface area (Å²) in [6, 6.07) is 9.89. The number of urea groups is 1. The molecule has 0 heterocycles. The van der Waals surface area contributed by atoms with Crippen molar-refractivity contribution in [3.63, 3.8) is 0 Å². The Labute approximate surface area is 142 Å². The van der Waals surface area contributed by atoms with Gasteiger partial charge in [0, 0.05) is 18.3 Å². The van der Waals surface area contributed by atoms with Crippen LogP contribution in [0.2, 0.25) is 0 Å². The molecule has 3 nitrogen and oxygen atoms in total. The number of nitrogens with zero attached hydrogens (tertiary/aromatic N) is 1. The van der Waals surface area contributed by atoms with Crippen molar-refractivity contribution in [2.24, 2.45) is 0 Å². The number of carbonyl (C=O) groups is 1. The minimum atomic E-state index is -4.41. The van der Waals surface area contributed by atoms with Crippen LogP contribution in [-0.4, -0.2) is 17.0 Å². The van der Waals surface area contributed by atoms with E-state index in [0.29, 0.717) is 12.2 Å². The van der Waals surface area contributed by atoms with Gasteiger partial charge < -0.3 is 10.2 Å². The second-order valence-electron chi connectivity index (χ2n) is 5.99. The van der Waals surface area contributed by atoms with Gasteiger partial charge in [-0.15, -0.1) is 0 Å². The molecule has 1 fully saturated rings. The Morgan fingerprint density at radius 2 is 1.64 bits per heavy atom. The van der Waals surface area contributed by atoms with Crippen molar-refractivity contribution in [2.45, 2.75) is 31.6 Å². The van der Waals surface area contributed by atoms with Gasteiger partial charge in [0.1, 0.15) is 5.82 Å². The lowest BCUT2D eigenvalue weighted by Crippen LogP contribution is -2.36. The van der Waals surface area contributed by atoms with Gasteiger partial charge in [0.05, 0.1) is 5.56 Å². The van der Waals surface area contributed by atoms with Crippen LogP contribution in [0.15, 0.2) is 48.5 Å². The molecule has 2 amide bonds. The summed E-state index contributed by atoms with van der Waals surface area (Å²) in [4.78, 5) is 14.1. The van der Waals surface area contributed by atoms with E-state index in [4.69, 9.17) is 0 Å². The minimum Gasteiger partial charge on any atom is -0.317 e. The SMILES string of the molecule is O=C(Nc1ccc(C(F)(F)F)cc1)N(Cc1ccc(F)cc1)C1CC1. The second-order valence-corrected chi connectivity index (χ2v) is 5.99. The molecule has 0 bridgehead atoms. The number of anilines is 1. The molecule has 7 heteroatoms. The predicted octanol–water partition coefficient (Wildman–Crippen LogP) is 5.04. The van der Waals surface area contributed by atoms with Crippen molar-refractivity contribution < 1.29 is 22.4 Å². The first-order valence-corrected chi connectivity index (χ1v) is 7.82. The van der Waals surface area contributed by atoms with Crippen molar-refractivity contribution >= 4 is 11.7 Å². The zero-order valence-corrected chi connectivity index (χ0v) is 13.2. The van der Waals surface area contributed by atoms with Gasteiger partial charge >= 0.3 is 12.2 Å². The average Bonchev–Trinajstić information content (AvgIpc) is 3.38. The van der Waals surface area contributed by atoms with Crippen molar-refractivity contribution in [3.8, 4) is 0 Å². The van der Waals surface area contributed by atoms with Crippen LogP contribution in [0.3, 0.4) is 0 Å². The van der Waals surface area contributed by atoms with Gasteiger partial charge in [-0.05, 0) is 54.8 Å². The van der Waals surface area contributed by atoms with E-state index < -0.39 is 11.7 Å². The van der Waals surface area contributed by atoms with Crippen LogP contribution < -0.4 is 5.32 Å². The number of hydrogen-bond donors (Lipinski definition) is 1. The van der Waals surface area contributed by atoms with Crippen LogP contribution in [0.1, 0.15) is 24.0 Å². The third kappa shape index (κ3) is 4.49. The van der Waals surface area contributed by atoms with Crippen LogP contribution in [0.5, 0.6) is 0 Å². The number of rotatable bonds is 4. The lowest BCUT2D eigenvalue weighted by atomic mass is 10.2. The highest BCUT2D eigenvalue weighted by Crippen LogP contribution is 2.31. The van der Waals surface area contributed by atoms with Gasteiger partial charge in [-0.3, -0.25) is 0 Å². The van der Waals surface area contributed by atoms with Gasteiger partial charge in [-0.1, -0.05) is 12.1 Å². The molecule has 1 N–H and O–H groups in total. The number of nitrogens with one attached hydrogen (secondary N) is 1. The Morgan fingerprint density at radius 3 is 2.16 bits per heavy atom. The summed E-state index contributed by atoms with van der Waals surface area (Å²) in [6.45, 7) is 0.317. The fraction of sp³-hybridized carbons (Fsp3) is 0.278. The molecule has 2 aromatic rings. The molecule has 0 saturated heterocycles. The highest BCUT2D eigenvalue weighted by molar-refractivity contribution is 5.89. The van der Waals surface area contributed by atoms with Crippen LogP contribution in [0.25, 0.3) is 0 Å². The normalized spacial score (nSPS) is 14.2. The zero-order valence-electron chi connectivity index (χ0n) is 13.2. The Morgan fingerprint density at radius 1 is 1.04 bits per heavy atom. The lowest BCUT2D eigenvalue weighted by Gasteiger charge is -2.23. The Hall–Kier alpha value is -2.57.